The lowest BCUT2D eigenvalue weighted by molar-refractivity contribution is 0.103. The SMILES string of the molecule is Cc1cc(Cl)ccc1Oc1cccc(C(=O)/C(C#N)=C/N(C)C)c1. The lowest BCUT2D eigenvalue weighted by Gasteiger charge is -2.10. The number of halogens is 1. The van der Waals surface area contributed by atoms with Gasteiger partial charge in [0.1, 0.15) is 23.1 Å². The molecule has 2 aromatic carbocycles. The van der Waals surface area contributed by atoms with Crippen LogP contribution in [0.25, 0.3) is 0 Å². The van der Waals surface area contributed by atoms with Crippen LogP contribution in [0.15, 0.2) is 54.2 Å². The number of hydrogen-bond acceptors (Lipinski definition) is 4. The molecule has 0 aliphatic carbocycles. The summed E-state index contributed by atoms with van der Waals surface area (Å²) in [5.41, 5.74) is 1.36. The Labute approximate surface area is 146 Å². The Morgan fingerprint density at radius 2 is 2.00 bits per heavy atom. The number of hydrogen-bond donors (Lipinski definition) is 0. The zero-order valence-corrected chi connectivity index (χ0v) is 14.5. The van der Waals surface area contributed by atoms with Crippen molar-refractivity contribution in [2.45, 2.75) is 6.92 Å². The predicted octanol–water partition coefficient (Wildman–Crippen LogP) is 4.59. The molecule has 0 aliphatic heterocycles. The quantitative estimate of drug-likeness (QED) is 0.453. The first-order valence-electron chi connectivity index (χ1n) is 7.28. The number of carbonyl (C=O) groups is 1. The van der Waals surface area contributed by atoms with E-state index in [1.165, 1.54) is 6.20 Å². The van der Waals surface area contributed by atoms with E-state index in [0.717, 1.165) is 5.56 Å². The standard InChI is InChI=1S/C19H17ClN2O2/c1-13-9-16(20)7-8-18(13)24-17-6-4-5-14(10-17)19(23)15(11-21)12-22(2)3/h4-10,12H,1-3H3/b15-12+. The molecule has 0 spiro atoms. The number of benzene rings is 2. The molecule has 122 valence electrons. The van der Waals surface area contributed by atoms with Gasteiger partial charge in [-0.25, -0.2) is 0 Å². The van der Waals surface area contributed by atoms with E-state index < -0.39 is 0 Å². The number of allylic oxidation sites excluding steroid dienone is 1. The lowest BCUT2D eigenvalue weighted by Crippen LogP contribution is -2.09. The second-order valence-corrected chi connectivity index (χ2v) is 5.92. The first kappa shape index (κ1) is 17.6. The summed E-state index contributed by atoms with van der Waals surface area (Å²) in [6, 6.07) is 14.0. The van der Waals surface area contributed by atoms with Crippen molar-refractivity contribution in [2.75, 3.05) is 14.1 Å². The fourth-order valence-corrected chi connectivity index (χ4v) is 2.33. The Balaban J connectivity index is 2.29. The van der Waals surface area contributed by atoms with Gasteiger partial charge < -0.3 is 9.64 Å². The molecule has 0 saturated carbocycles. The van der Waals surface area contributed by atoms with Crippen LogP contribution in [-0.2, 0) is 0 Å². The highest BCUT2D eigenvalue weighted by molar-refractivity contribution is 6.30. The Hall–Kier alpha value is -2.77. The molecule has 0 saturated heterocycles. The summed E-state index contributed by atoms with van der Waals surface area (Å²) < 4.78 is 5.83. The third-order valence-electron chi connectivity index (χ3n) is 3.21. The van der Waals surface area contributed by atoms with E-state index in [-0.39, 0.29) is 11.4 Å². The van der Waals surface area contributed by atoms with E-state index in [4.69, 9.17) is 21.6 Å². The van der Waals surface area contributed by atoms with E-state index in [1.54, 1.807) is 61.5 Å². The van der Waals surface area contributed by atoms with Crippen LogP contribution < -0.4 is 4.74 Å². The molecular formula is C19H17ClN2O2. The van der Waals surface area contributed by atoms with Crippen molar-refractivity contribution in [3.05, 3.63) is 70.4 Å². The lowest BCUT2D eigenvalue weighted by atomic mass is 10.0. The van der Waals surface area contributed by atoms with E-state index in [9.17, 15) is 4.79 Å². The van der Waals surface area contributed by atoms with Crippen molar-refractivity contribution in [1.29, 1.82) is 5.26 Å². The third-order valence-corrected chi connectivity index (χ3v) is 3.45. The average Bonchev–Trinajstić information content (AvgIpc) is 2.54. The van der Waals surface area contributed by atoms with Gasteiger partial charge in [-0.2, -0.15) is 5.26 Å². The summed E-state index contributed by atoms with van der Waals surface area (Å²) in [6.07, 6.45) is 1.50. The molecule has 24 heavy (non-hydrogen) atoms. The van der Waals surface area contributed by atoms with E-state index in [1.807, 2.05) is 13.0 Å². The molecule has 0 heterocycles. The maximum atomic E-state index is 12.4. The molecule has 0 radical (unpaired) electrons. The highest BCUT2D eigenvalue weighted by Crippen LogP contribution is 2.28. The van der Waals surface area contributed by atoms with Crippen LogP contribution in [-0.4, -0.2) is 24.8 Å². The third kappa shape index (κ3) is 4.37. The van der Waals surface area contributed by atoms with Crippen LogP contribution in [0.1, 0.15) is 15.9 Å². The molecule has 0 aromatic heterocycles. The highest BCUT2D eigenvalue weighted by atomic mass is 35.5. The molecule has 5 heteroatoms. The van der Waals surface area contributed by atoms with E-state index in [0.29, 0.717) is 22.1 Å². The second-order valence-electron chi connectivity index (χ2n) is 5.49. The molecule has 0 N–H and O–H groups in total. The summed E-state index contributed by atoms with van der Waals surface area (Å²) in [5.74, 6) is 0.839. The van der Waals surface area contributed by atoms with Gasteiger partial charge >= 0.3 is 0 Å². The number of nitrogens with zero attached hydrogens (tertiary/aromatic N) is 2. The van der Waals surface area contributed by atoms with Crippen molar-refractivity contribution in [1.82, 2.24) is 4.90 Å². The topological polar surface area (TPSA) is 53.3 Å². The number of ketones is 1. The molecular weight excluding hydrogens is 324 g/mol. The van der Waals surface area contributed by atoms with Crippen molar-refractivity contribution in [3.8, 4) is 17.6 Å². The average molecular weight is 341 g/mol. The minimum absolute atomic E-state index is 0.0693. The first-order chi connectivity index (χ1) is 11.4. The number of aryl methyl sites for hydroxylation is 1. The molecule has 4 nitrogen and oxygen atoms in total. The molecule has 0 aliphatic rings. The molecule has 0 bridgehead atoms. The van der Waals surface area contributed by atoms with Crippen LogP contribution in [0.2, 0.25) is 5.02 Å². The number of carbonyl (C=O) groups excluding carboxylic acids is 1. The van der Waals surface area contributed by atoms with Crippen molar-refractivity contribution in [2.24, 2.45) is 0 Å². The second kappa shape index (κ2) is 7.67. The fourth-order valence-electron chi connectivity index (χ4n) is 2.11. The maximum Gasteiger partial charge on any atom is 0.205 e. The van der Waals surface area contributed by atoms with Crippen LogP contribution in [0, 0.1) is 18.3 Å². The Kier molecular flexibility index (Phi) is 5.62. The smallest absolute Gasteiger partial charge is 0.205 e. The van der Waals surface area contributed by atoms with Crippen molar-refractivity contribution in [3.63, 3.8) is 0 Å². The summed E-state index contributed by atoms with van der Waals surface area (Å²) in [5, 5.41) is 9.80. The minimum atomic E-state index is -0.343. The van der Waals surface area contributed by atoms with Crippen molar-refractivity contribution < 1.29 is 9.53 Å². The Morgan fingerprint density at radius 1 is 1.25 bits per heavy atom. The van der Waals surface area contributed by atoms with Crippen LogP contribution in [0.4, 0.5) is 0 Å². The number of nitriles is 1. The largest absolute Gasteiger partial charge is 0.457 e. The maximum absolute atomic E-state index is 12.4. The van der Waals surface area contributed by atoms with Gasteiger partial charge in [-0.05, 0) is 42.8 Å². The summed E-state index contributed by atoms with van der Waals surface area (Å²) in [7, 11) is 3.51. The van der Waals surface area contributed by atoms with Gasteiger partial charge in [0.25, 0.3) is 0 Å². The normalized spacial score (nSPS) is 10.9. The number of Topliss-reactive ketones (excluding diaryl/α,β-unsaturated/α-hetero) is 1. The predicted molar refractivity (Wildman–Crippen MR) is 94.4 cm³/mol. The van der Waals surface area contributed by atoms with Gasteiger partial charge in [-0.15, -0.1) is 0 Å². The van der Waals surface area contributed by atoms with Gasteiger partial charge in [0.15, 0.2) is 0 Å². The monoisotopic (exact) mass is 340 g/mol. The summed E-state index contributed by atoms with van der Waals surface area (Å²) in [4.78, 5) is 14.1. The van der Waals surface area contributed by atoms with E-state index >= 15 is 0 Å². The van der Waals surface area contributed by atoms with Gasteiger partial charge in [0.2, 0.25) is 5.78 Å². The molecule has 0 unspecified atom stereocenters. The van der Waals surface area contributed by atoms with Gasteiger partial charge in [0.05, 0.1) is 0 Å². The van der Waals surface area contributed by atoms with Crippen LogP contribution in [0.5, 0.6) is 11.5 Å². The Morgan fingerprint density at radius 3 is 2.62 bits per heavy atom. The van der Waals surface area contributed by atoms with Gasteiger partial charge in [-0.1, -0.05) is 23.7 Å². The molecule has 0 amide bonds. The molecule has 0 fully saturated rings. The van der Waals surface area contributed by atoms with Crippen LogP contribution >= 0.6 is 11.6 Å². The summed E-state index contributed by atoms with van der Waals surface area (Å²) in [6.45, 7) is 1.89. The first-order valence-corrected chi connectivity index (χ1v) is 7.65. The van der Waals surface area contributed by atoms with Crippen LogP contribution in [0.3, 0.4) is 0 Å². The fraction of sp³-hybridized carbons (Fsp3) is 0.158. The Bertz CT molecular complexity index is 836. The minimum Gasteiger partial charge on any atom is -0.457 e. The van der Waals surface area contributed by atoms with Gasteiger partial charge in [0, 0.05) is 30.9 Å². The molecule has 2 aromatic rings. The summed E-state index contributed by atoms with van der Waals surface area (Å²) >= 11 is 5.94. The molecule has 0 atom stereocenters. The van der Waals surface area contributed by atoms with Gasteiger partial charge in [-0.3, -0.25) is 4.79 Å². The van der Waals surface area contributed by atoms with Crippen molar-refractivity contribution >= 4 is 17.4 Å². The zero-order valence-electron chi connectivity index (χ0n) is 13.7. The van der Waals surface area contributed by atoms with E-state index in [2.05, 4.69) is 0 Å². The number of rotatable bonds is 5. The highest BCUT2D eigenvalue weighted by Gasteiger charge is 2.13. The number of ether oxygens (including phenoxy) is 1. The molecule has 2 rings (SSSR count). The zero-order chi connectivity index (χ0) is 17.7.